The Labute approximate surface area is 138 Å². The van der Waals surface area contributed by atoms with Crippen LogP contribution < -0.4 is 14.8 Å². The Morgan fingerprint density at radius 2 is 1.79 bits per heavy atom. The molecular formula is C17H17N3O4. The van der Waals surface area contributed by atoms with Crippen LogP contribution in [0.25, 0.3) is 10.9 Å². The monoisotopic (exact) mass is 327 g/mol. The summed E-state index contributed by atoms with van der Waals surface area (Å²) in [4.78, 5) is 10.9. The normalized spacial score (nSPS) is 10.6. The molecule has 3 aromatic rings. The number of benzene rings is 2. The maximum absolute atomic E-state index is 11.4. The number of nitrogens with zero attached hydrogens (tertiary/aromatic N) is 2. The number of fused-ring (bicyclic) bond motifs is 1. The van der Waals surface area contributed by atoms with Gasteiger partial charge in [0.1, 0.15) is 5.69 Å². The Kier molecular flexibility index (Phi) is 3.99. The molecule has 0 radical (unpaired) electrons. The topological polar surface area (TPSA) is 78.6 Å². The zero-order chi connectivity index (χ0) is 17.3. The molecule has 0 aliphatic rings. The van der Waals surface area contributed by atoms with Gasteiger partial charge in [0.05, 0.1) is 25.2 Å². The lowest BCUT2D eigenvalue weighted by atomic mass is 10.2. The van der Waals surface area contributed by atoms with Gasteiger partial charge in [0.15, 0.2) is 11.5 Å². The van der Waals surface area contributed by atoms with Gasteiger partial charge in [0.2, 0.25) is 0 Å². The molecule has 0 aliphatic carbocycles. The van der Waals surface area contributed by atoms with Gasteiger partial charge in [0.25, 0.3) is 5.69 Å². The molecule has 1 N–H and O–H groups in total. The number of aromatic nitrogens is 1. The smallest absolute Gasteiger partial charge is 0.296 e. The van der Waals surface area contributed by atoms with E-state index in [-0.39, 0.29) is 5.69 Å². The lowest BCUT2D eigenvalue weighted by Gasteiger charge is -2.12. The summed E-state index contributed by atoms with van der Waals surface area (Å²) in [6.45, 7) is 0. The van der Waals surface area contributed by atoms with Crippen molar-refractivity contribution in [2.75, 3.05) is 19.5 Å². The molecule has 3 rings (SSSR count). The maximum Gasteiger partial charge on any atom is 0.296 e. The second-order valence-electron chi connectivity index (χ2n) is 5.31. The Morgan fingerprint density at radius 1 is 1.08 bits per heavy atom. The maximum atomic E-state index is 11.4. The van der Waals surface area contributed by atoms with Crippen LogP contribution in [-0.4, -0.2) is 23.7 Å². The van der Waals surface area contributed by atoms with Gasteiger partial charge < -0.3 is 19.4 Å². The van der Waals surface area contributed by atoms with E-state index in [1.165, 1.54) is 20.3 Å². The van der Waals surface area contributed by atoms with Gasteiger partial charge >= 0.3 is 0 Å². The summed E-state index contributed by atoms with van der Waals surface area (Å²) in [6.07, 6.45) is 1.97. The van der Waals surface area contributed by atoms with Gasteiger partial charge in [-0.2, -0.15) is 0 Å². The Balaban J connectivity index is 2.06. The zero-order valence-electron chi connectivity index (χ0n) is 13.6. The third-order valence-electron chi connectivity index (χ3n) is 3.87. The van der Waals surface area contributed by atoms with Crippen molar-refractivity contribution >= 4 is 28.0 Å². The van der Waals surface area contributed by atoms with E-state index in [9.17, 15) is 10.1 Å². The molecule has 0 saturated carbocycles. The Bertz CT molecular complexity index is 918. The molecule has 0 spiro atoms. The van der Waals surface area contributed by atoms with Crippen molar-refractivity contribution in [1.82, 2.24) is 4.57 Å². The zero-order valence-corrected chi connectivity index (χ0v) is 13.6. The highest BCUT2D eigenvalue weighted by Crippen LogP contribution is 2.39. The van der Waals surface area contributed by atoms with Crippen LogP contribution in [0.1, 0.15) is 0 Å². The van der Waals surface area contributed by atoms with Crippen LogP contribution in [0.5, 0.6) is 11.5 Å². The van der Waals surface area contributed by atoms with Crippen molar-refractivity contribution in [2.24, 2.45) is 7.05 Å². The van der Waals surface area contributed by atoms with E-state index >= 15 is 0 Å². The first kappa shape index (κ1) is 15.7. The molecule has 7 heteroatoms. The summed E-state index contributed by atoms with van der Waals surface area (Å²) >= 11 is 0. The fourth-order valence-electron chi connectivity index (χ4n) is 2.62. The summed E-state index contributed by atoms with van der Waals surface area (Å²) in [5, 5.41) is 15.6. The Morgan fingerprint density at radius 3 is 2.46 bits per heavy atom. The molecule has 1 aromatic heterocycles. The van der Waals surface area contributed by atoms with Crippen LogP contribution in [0.15, 0.2) is 42.6 Å². The summed E-state index contributed by atoms with van der Waals surface area (Å²) in [7, 11) is 4.88. The van der Waals surface area contributed by atoms with Crippen LogP contribution in [0, 0.1) is 10.1 Å². The molecule has 1 heterocycles. The number of ether oxygens (including phenoxy) is 2. The van der Waals surface area contributed by atoms with Crippen molar-refractivity contribution in [3.63, 3.8) is 0 Å². The first-order valence-electron chi connectivity index (χ1n) is 7.26. The van der Waals surface area contributed by atoms with Gasteiger partial charge in [-0.25, -0.2) is 0 Å². The predicted octanol–water partition coefficient (Wildman–Crippen LogP) is 3.85. The summed E-state index contributed by atoms with van der Waals surface area (Å²) in [5.41, 5.74) is 2.04. The van der Waals surface area contributed by atoms with Crippen LogP contribution >= 0.6 is 0 Å². The van der Waals surface area contributed by atoms with E-state index in [1.807, 2.05) is 42.1 Å². The quantitative estimate of drug-likeness (QED) is 0.569. The summed E-state index contributed by atoms with van der Waals surface area (Å²) in [6, 6.07) is 10.7. The highest BCUT2D eigenvalue weighted by molar-refractivity contribution is 5.85. The number of nitro groups is 1. The SMILES string of the molecule is COc1cc(Nc2ccc3ccn(C)c3c2)c([N+](=O)[O-])cc1OC. The predicted molar refractivity (Wildman–Crippen MR) is 92.4 cm³/mol. The van der Waals surface area contributed by atoms with Crippen molar-refractivity contribution in [3.8, 4) is 11.5 Å². The second kappa shape index (κ2) is 6.11. The minimum Gasteiger partial charge on any atom is -0.493 e. The number of rotatable bonds is 5. The number of methoxy groups -OCH3 is 2. The number of aryl methyl sites for hydroxylation is 1. The molecule has 0 unspecified atom stereocenters. The van der Waals surface area contributed by atoms with E-state index < -0.39 is 4.92 Å². The highest BCUT2D eigenvalue weighted by atomic mass is 16.6. The standard InChI is InChI=1S/C17H17N3O4/c1-19-7-6-11-4-5-12(8-14(11)19)18-13-9-16(23-2)17(24-3)10-15(13)20(21)22/h4-10,18H,1-3H3. The van der Waals surface area contributed by atoms with Crippen LogP contribution in [-0.2, 0) is 7.05 Å². The van der Waals surface area contributed by atoms with E-state index in [1.54, 1.807) is 6.07 Å². The van der Waals surface area contributed by atoms with E-state index in [2.05, 4.69) is 5.32 Å². The van der Waals surface area contributed by atoms with Crippen molar-refractivity contribution < 1.29 is 14.4 Å². The minimum absolute atomic E-state index is 0.0837. The first-order chi connectivity index (χ1) is 11.5. The lowest BCUT2D eigenvalue weighted by molar-refractivity contribution is -0.384. The molecule has 0 fully saturated rings. The van der Waals surface area contributed by atoms with E-state index in [0.717, 1.165) is 16.6 Å². The summed E-state index contributed by atoms with van der Waals surface area (Å²) in [5.74, 6) is 0.734. The average Bonchev–Trinajstić information content (AvgIpc) is 2.95. The molecule has 0 atom stereocenters. The van der Waals surface area contributed by atoms with Gasteiger partial charge in [-0.1, -0.05) is 6.07 Å². The molecule has 2 aromatic carbocycles. The third-order valence-corrected chi connectivity index (χ3v) is 3.87. The number of nitro benzene ring substituents is 1. The number of hydrogen-bond acceptors (Lipinski definition) is 5. The molecule has 7 nitrogen and oxygen atoms in total. The fourth-order valence-corrected chi connectivity index (χ4v) is 2.62. The van der Waals surface area contributed by atoms with Crippen LogP contribution in [0.3, 0.4) is 0 Å². The molecule has 124 valence electrons. The van der Waals surface area contributed by atoms with Crippen molar-refractivity contribution in [3.05, 3.63) is 52.7 Å². The second-order valence-corrected chi connectivity index (χ2v) is 5.31. The van der Waals surface area contributed by atoms with E-state index in [4.69, 9.17) is 9.47 Å². The molecular weight excluding hydrogens is 310 g/mol. The number of nitrogens with one attached hydrogen (secondary N) is 1. The molecule has 0 amide bonds. The molecule has 0 saturated heterocycles. The molecule has 24 heavy (non-hydrogen) atoms. The first-order valence-corrected chi connectivity index (χ1v) is 7.26. The Hall–Kier alpha value is -3.22. The van der Waals surface area contributed by atoms with Gasteiger partial charge in [0, 0.05) is 30.5 Å². The highest BCUT2D eigenvalue weighted by Gasteiger charge is 2.19. The fraction of sp³-hybridized carbons (Fsp3) is 0.176. The van der Waals surface area contributed by atoms with Gasteiger partial charge in [-0.3, -0.25) is 10.1 Å². The van der Waals surface area contributed by atoms with Crippen LogP contribution in [0.4, 0.5) is 17.1 Å². The van der Waals surface area contributed by atoms with Crippen LogP contribution in [0.2, 0.25) is 0 Å². The molecule has 0 bridgehead atoms. The number of hydrogen-bond donors (Lipinski definition) is 1. The largest absolute Gasteiger partial charge is 0.493 e. The van der Waals surface area contributed by atoms with Gasteiger partial charge in [-0.05, 0) is 23.6 Å². The number of anilines is 2. The van der Waals surface area contributed by atoms with Gasteiger partial charge in [-0.15, -0.1) is 0 Å². The van der Waals surface area contributed by atoms with Crippen molar-refractivity contribution in [1.29, 1.82) is 0 Å². The van der Waals surface area contributed by atoms with E-state index in [0.29, 0.717) is 17.2 Å². The third kappa shape index (κ3) is 2.71. The summed E-state index contributed by atoms with van der Waals surface area (Å²) < 4.78 is 12.4. The average molecular weight is 327 g/mol. The lowest BCUT2D eigenvalue weighted by Crippen LogP contribution is -2.00. The molecule has 0 aliphatic heterocycles. The van der Waals surface area contributed by atoms with Crippen molar-refractivity contribution in [2.45, 2.75) is 0 Å². The minimum atomic E-state index is -0.453.